The number of carbonyl (C=O) groups excluding carboxylic acids is 3. The van der Waals surface area contributed by atoms with E-state index < -0.39 is 53.4 Å². The van der Waals surface area contributed by atoms with E-state index in [1.807, 2.05) is 0 Å². The lowest BCUT2D eigenvalue weighted by atomic mass is 10.0. The van der Waals surface area contributed by atoms with Crippen LogP contribution in [0, 0.1) is 0 Å². The molecule has 14 heteroatoms. The molecule has 3 heterocycles. The SMILES string of the molecule is CC1=C(C(=O)O)N2C(=O)C(NC(=O)C(NC(=O)Cn3c(=O)oc4cc(Cl)c(Cl)cc43)c3ccccc3)[C@H]2SC1. The number of β-lactam (4-membered cyclic amide) rings is 1. The number of aliphatic carboxylic acids is 1. The second-order valence-electron chi connectivity index (χ2n) is 8.93. The van der Waals surface area contributed by atoms with E-state index in [-0.39, 0.29) is 26.8 Å². The Morgan fingerprint density at radius 1 is 1.15 bits per heavy atom. The molecule has 202 valence electrons. The van der Waals surface area contributed by atoms with Gasteiger partial charge < -0.3 is 20.2 Å². The van der Waals surface area contributed by atoms with Gasteiger partial charge in [-0.25, -0.2) is 9.59 Å². The van der Waals surface area contributed by atoms with Gasteiger partial charge >= 0.3 is 11.7 Å². The van der Waals surface area contributed by atoms with Gasteiger partial charge in [0, 0.05) is 11.8 Å². The first-order valence-corrected chi connectivity index (χ1v) is 13.4. The van der Waals surface area contributed by atoms with Gasteiger partial charge in [0.25, 0.3) is 5.91 Å². The fraction of sp³-hybridized carbons (Fsp3) is 0.240. The van der Waals surface area contributed by atoms with Crippen LogP contribution in [0.4, 0.5) is 0 Å². The number of fused-ring (bicyclic) bond motifs is 2. The molecule has 1 fully saturated rings. The highest BCUT2D eigenvalue weighted by atomic mass is 35.5. The smallest absolute Gasteiger partial charge is 0.420 e. The lowest BCUT2D eigenvalue weighted by molar-refractivity contribution is -0.151. The largest absolute Gasteiger partial charge is 0.477 e. The van der Waals surface area contributed by atoms with Crippen molar-refractivity contribution in [3.8, 4) is 0 Å². The first-order valence-electron chi connectivity index (χ1n) is 11.6. The number of carboxylic acid groups (broad SMARTS) is 1. The summed E-state index contributed by atoms with van der Waals surface area (Å²) in [7, 11) is 0. The summed E-state index contributed by atoms with van der Waals surface area (Å²) in [6, 6.07) is 8.94. The predicted octanol–water partition coefficient (Wildman–Crippen LogP) is 2.52. The van der Waals surface area contributed by atoms with E-state index in [1.165, 1.54) is 28.8 Å². The number of halogens is 2. The van der Waals surface area contributed by atoms with E-state index in [1.54, 1.807) is 37.3 Å². The lowest BCUT2D eigenvalue weighted by Crippen LogP contribution is -2.71. The van der Waals surface area contributed by atoms with Crippen molar-refractivity contribution < 1.29 is 28.7 Å². The molecule has 2 aromatic carbocycles. The van der Waals surface area contributed by atoms with Gasteiger partial charge in [-0.3, -0.25) is 23.9 Å². The number of hydrogen-bond acceptors (Lipinski definition) is 7. The average Bonchev–Trinajstić information content (AvgIpc) is 3.19. The van der Waals surface area contributed by atoms with E-state index in [9.17, 15) is 29.1 Å². The summed E-state index contributed by atoms with van der Waals surface area (Å²) in [4.78, 5) is 64.5. The molecule has 5 rings (SSSR count). The van der Waals surface area contributed by atoms with Crippen molar-refractivity contribution in [1.29, 1.82) is 0 Å². The molecule has 2 aliphatic heterocycles. The number of nitrogens with one attached hydrogen (secondary N) is 2. The van der Waals surface area contributed by atoms with Crippen LogP contribution in [-0.4, -0.2) is 55.4 Å². The molecular formula is C25H20Cl2N4O7S. The van der Waals surface area contributed by atoms with E-state index in [0.717, 1.165) is 4.57 Å². The summed E-state index contributed by atoms with van der Waals surface area (Å²) in [5.41, 5.74) is 1.30. The highest BCUT2D eigenvalue weighted by Gasteiger charge is 2.54. The predicted molar refractivity (Wildman–Crippen MR) is 143 cm³/mol. The third kappa shape index (κ3) is 4.90. The molecule has 2 unspecified atom stereocenters. The Morgan fingerprint density at radius 2 is 1.85 bits per heavy atom. The van der Waals surface area contributed by atoms with E-state index in [2.05, 4.69) is 10.6 Å². The number of thioether (sulfide) groups is 1. The summed E-state index contributed by atoms with van der Waals surface area (Å²) in [5.74, 6) is -3.54. The zero-order chi connectivity index (χ0) is 28.0. The quantitative estimate of drug-likeness (QED) is 0.355. The molecule has 0 saturated carbocycles. The van der Waals surface area contributed by atoms with Gasteiger partial charge in [-0.05, 0) is 24.1 Å². The normalized spacial score (nSPS) is 19.4. The molecule has 39 heavy (non-hydrogen) atoms. The van der Waals surface area contributed by atoms with Crippen molar-refractivity contribution >= 4 is 69.8 Å². The summed E-state index contributed by atoms with van der Waals surface area (Å²) < 4.78 is 6.21. The molecule has 0 spiro atoms. The minimum atomic E-state index is -1.21. The average molecular weight is 591 g/mol. The molecule has 3 atom stereocenters. The van der Waals surface area contributed by atoms with Gasteiger partial charge in [0.2, 0.25) is 11.8 Å². The molecule has 3 N–H and O–H groups in total. The first-order chi connectivity index (χ1) is 18.6. The van der Waals surface area contributed by atoms with Crippen LogP contribution in [0.5, 0.6) is 0 Å². The number of amides is 3. The van der Waals surface area contributed by atoms with Crippen molar-refractivity contribution in [2.24, 2.45) is 0 Å². The van der Waals surface area contributed by atoms with E-state index in [0.29, 0.717) is 16.9 Å². The van der Waals surface area contributed by atoms with E-state index in [4.69, 9.17) is 27.6 Å². The number of benzene rings is 2. The molecule has 0 bridgehead atoms. The number of carboxylic acids is 1. The molecule has 3 amide bonds. The molecule has 1 saturated heterocycles. The molecular weight excluding hydrogens is 571 g/mol. The van der Waals surface area contributed by atoms with Crippen LogP contribution in [0.3, 0.4) is 0 Å². The van der Waals surface area contributed by atoms with Crippen LogP contribution in [0.25, 0.3) is 11.1 Å². The number of hydrogen-bond donors (Lipinski definition) is 3. The van der Waals surface area contributed by atoms with Crippen LogP contribution < -0.4 is 16.4 Å². The highest BCUT2D eigenvalue weighted by molar-refractivity contribution is 8.00. The minimum Gasteiger partial charge on any atom is -0.477 e. The van der Waals surface area contributed by atoms with Crippen LogP contribution >= 0.6 is 35.0 Å². The number of aromatic nitrogens is 1. The molecule has 11 nitrogen and oxygen atoms in total. The lowest BCUT2D eigenvalue weighted by Gasteiger charge is -2.49. The zero-order valence-corrected chi connectivity index (χ0v) is 22.5. The summed E-state index contributed by atoms with van der Waals surface area (Å²) in [6.07, 6.45) is 0. The molecule has 2 aliphatic rings. The van der Waals surface area contributed by atoms with Gasteiger partial charge in [-0.2, -0.15) is 0 Å². The van der Waals surface area contributed by atoms with Gasteiger partial charge in [0.05, 0.1) is 15.6 Å². The van der Waals surface area contributed by atoms with Gasteiger partial charge in [0.1, 0.15) is 29.7 Å². The van der Waals surface area contributed by atoms with Gasteiger partial charge in [-0.15, -0.1) is 11.8 Å². The third-order valence-corrected chi connectivity index (χ3v) is 8.52. The number of nitrogens with zero attached hydrogens (tertiary/aromatic N) is 2. The standard InChI is InChI=1S/C25H20Cl2N4O7S/c1-11-10-39-23-19(22(34)31(23)20(11)24(35)36)29-21(33)18(12-5-3-2-4-6-12)28-17(32)9-30-15-7-13(26)14(27)8-16(15)38-25(30)37/h2-8,18-19,23H,9-10H2,1H3,(H,28,32)(H,29,33)(H,35,36)/t18?,19?,23-/m1/s1. The highest BCUT2D eigenvalue weighted by Crippen LogP contribution is 2.40. The summed E-state index contributed by atoms with van der Waals surface area (Å²) in [6.45, 7) is 1.16. The Labute approximate surface area is 234 Å². The Bertz CT molecular complexity index is 1620. The van der Waals surface area contributed by atoms with Crippen molar-refractivity contribution in [1.82, 2.24) is 20.1 Å². The zero-order valence-electron chi connectivity index (χ0n) is 20.1. The monoisotopic (exact) mass is 590 g/mol. The molecule has 0 aliphatic carbocycles. The minimum absolute atomic E-state index is 0.0821. The molecule has 0 radical (unpaired) electrons. The van der Waals surface area contributed by atoms with E-state index >= 15 is 0 Å². The number of oxazole rings is 1. The maximum Gasteiger partial charge on any atom is 0.420 e. The second-order valence-corrected chi connectivity index (χ2v) is 10.8. The number of rotatable bonds is 7. The van der Waals surface area contributed by atoms with Crippen LogP contribution in [-0.2, 0) is 25.7 Å². The maximum absolute atomic E-state index is 13.4. The van der Waals surface area contributed by atoms with Crippen LogP contribution in [0.15, 0.2) is 62.9 Å². The Balaban J connectivity index is 1.36. The topological polar surface area (TPSA) is 151 Å². The van der Waals surface area contributed by atoms with Crippen LogP contribution in [0.1, 0.15) is 18.5 Å². The van der Waals surface area contributed by atoms with Crippen molar-refractivity contribution in [2.75, 3.05) is 5.75 Å². The fourth-order valence-corrected chi connectivity index (χ4v) is 6.12. The Morgan fingerprint density at radius 3 is 2.54 bits per heavy atom. The first kappa shape index (κ1) is 26.9. The van der Waals surface area contributed by atoms with Gasteiger partial charge in [-0.1, -0.05) is 53.5 Å². The van der Waals surface area contributed by atoms with Crippen molar-refractivity contribution in [3.05, 3.63) is 79.9 Å². The Hall–Kier alpha value is -3.74. The molecule has 3 aromatic rings. The molecule has 1 aromatic heterocycles. The summed E-state index contributed by atoms with van der Waals surface area (Å²) >= 11 is 13.4. The second kappa shape index (κ2) is 10.4. The fourth-order valence-electron chi connectivity index (χ4n) is 4.52. The number of carbonyl (C=O) groups is 4. The van der Waals surface area contributed by atoms with Crippen molar-refractivity contribution in [2.45, 2.75) is 30.9 Å². The third-order valence-electron chi connectivity index (χ3n) is 6.37. The maximum atomic E-state index is 13.4. The van der Waals surface area contributed by atoms with Crippen LogP contribution in [0.2, 0.25) is 10.0 Å². The summed E-state index contributed by atoms with van der Waals surface area (Å²) in [5, 5.41) is 14.6. The van der Waals surface area contributed by atoms with Crippen molar-refractivity contribution in [3.63, 3.8) is 0 Å². The Kier molecular flexibility index (Phi) is 7.19. The van der Waals surface area contributed by atoms with Gasteiger partial charge in [0.15, 0.2) is 5.58 Å².